The second-order valence-corrected chi connectivity index (χ2v) is 6.42. The summed E-state index contributed by atoms with van der Waals surface area (Å²) in [7, 11) is 0. The molecule has 1 aromatic carbocycles. The zero-order valence-corrected chi connectivity index (χ0v) is 12.7. The lowest BCUT2D eigenvalue weighted by Gasteiger charge is -2.25. The van der Waals surface area contributed by atoms with Gasteiger partial charge in [0.1, 0.15) is 5.82 Å². The molecule has 112 valence electrons. The molecule has 0 radical (unpaired) electrons. The summed E-state index contributed by atoms with van der Waals surface area (Å²) in [4.78, 5) is 5.03. The quantitative estimate of drug-likeness (QED) is 0.875. The summed E-state index contributed by atoms with van der Waals surface area (Å²) in [6, 6.07) is 6.86. The number of nitrogens with one attached hydrogen (secondary N) is 1. The van der Waals surface area contributed by atoms with Crippen LogP contribution in [0.25, 0.3) is 0 Å². The highest BCUT2D eigenvalue weighted by Crippen LogP contribution is 2.27. The second kappa shape index (κ2) is 6.58. The van der Waals surface area contributed by atoms with Crippen LogP contribution in [0, 0.1) is 11.7 Å². The molecule has 0 spiro atoms. The number of benzene rings is 1. The average molecular weight is 307 g/mol. The Morgan fingerprint density at radius 1 is 1.43 bits per heavy atom. The van der Waals surface area contributed by atoms with E-state index >= 15 is 0 Å². The third kappa shape index (κ3) is 3.63. The lowest BCUT2D eigenvalue weighted by molar-refractivity contribution is 0.259. The van der Waals surface area contributed by atoms with Gasteiger partial charge in [-0.1, -0.05) is 24.2 Å². The van der Waals surface area contributed by atoms with Crippen LogP contribution in [0.3, 0.4) is 0 Å². The molecule has 21 heavy (non-hydrogen) atoms. The largest absolute Gasteiger partial charge is 0.338 e. The summed E-state index contributed by atoms with van der Waals surface area (Å²) in [6.45, 7) is 3.21. The molecule has 1 aliphatic rings. The van der Waals surface area contributed by atoms with Crippen LogP contribution in [0.5, 0.6) is 0 Å². The summed E-state index contributed by atoms with van der Waals surface area (Å²) in [5.41, 5.74) is 0. The molecule has 2 atom stereocenters. The number of hydrogen-bond acceptors (Lipinski definition) is 5. The first kappa shape index (κ1) is 14.5. The fourth-order valence-corrected chi connectivity index (χ4v) is 3.25. The van der Waals surface area contributed by atoms with E-state index in [1.165, 1.54) is 24.2 Å². The molecule has 0 amide bonds. The van der Waals surface area contributed by atoms with E-state index in [0.29, 0.717) is 28.3 Å². The molecule has 1 fully saturated rings. The van der Waals surface area contributed by atoms with Crippen molar-refractivity contribution >= 4 is 11.8 Å². The summed E-state index contributed by atoms with van der Waals surface area (Å²) >= 11 is 1.38. The van der Waals surface area contributed by atoms with Gasteiger partial charge in [-0.05, 0) is 37.4 Å². The van der Waals surface area contributed by atoms with Crippen LogP contribution in [0.2, 0.25) is 0 Å². The minimum absolute atomic E-state index is 0.147. The number of piperidine rings is 1. The lowest BCUT2D eigenvalue weighted by Crippen LogP contribution is -2.30. The second-order valence-electron chi connectivity index (χ2n) is 5.40. The molecule has 4 nitrogen and oxygen atoms in total. The SMILES string of the molecule is CC1CCNC(c2nc(CSc3ccccc3F)no2)C1. The highest BCUT2D eigenvalue weighted by Gasteiger charge is 2.24. The van der Waals surface area contributed by atoms with Gasteiger partial charge in [-0.25, -0.2) is 4.39 Å². The predicted molar refractivity (Wildman–Crippen MR) is 79.4 cm³/mol. The molecule has 0 saturated carbocycles. The van der Waals surface area contributed by atoms with Crippen molar-refractivity contribution in [3.05, 3.63) is 41.8 Å². The first-order valence-corrected chi connectivity index (χ1v) is 8.14. The number of rotatable bonds is 4. The van der Waals surface area contributed by atoms with E-state index in [-0.39, 0.29) is 11.9 Å². The van der Waals surface area contributed by atoms with E-state index in [1.54, 1.807) is 12.1 Å². The van der Waals surface area contributed by atoms with E-state index in [1.807, 2.05) is 6.07 Å². The molecule has 0 bridgehead atoms. The molecule has 2 aromatic rings. The number of aromatic nitrogens is 2. The number of nitrogens with zero attached hydrogens (tertiary/aromatic N) is 2. The summed E-state index contributed by atoms with van der Waals surface area (Å²) in [6.07, 6.45) is 2.20. The first-order valence-electron chi connectivity index (χ1n) is 7.15. The molecular weight excluding hydrogens is 289 g/mol. The van der Waals surface area contributed by atoms with Gasteiger partial charge in [-0.3, -0.25) is 0 Å². The van der Waals surface area contributed by atoms with Gasteiger partial charge in [0.25, 0.3) is 0 Å². The Bertz CT molecular complexity index is 604. The number of thioether (sulfide) groups is 1. The molecule has 1 saturated heterocycles. The standard InChI is InChI=1S/C15H18FN3OS/c1-10-6-7-17-12(8-10)15-18-14(19-20-15)9-21-13-5-3-2-4-11(13)16/h2-5,10,12,17H,6-9H2,1H3. The van der Waals surface area contributed by atoms with Gasteiger partial charge in [0.05, 0.1) is 11.8 Å². The smallest absolute Gasteiger partial charge is 0.243 e. The van der Waals surface area contributed by atoms with Crippen molar-refractivity contribution in [2.75, 3.05) is 6.54 Å². The van der Waals surface area contributed by atoms with Crippen LogP contribution in [0.1, 0.15) is 37.5 Å². The van der Waals surface area contributed by atoms with Crippen molar-refractivity contribution in [2.24, 2.45) is 5.92 Å². The Labute approximate surface area is 127 Å². The Balaban J connectivity index is 1.61. The van der Waals surface area contributed by atoms with E-state index in [9.17, 15) is 4.39 Å². The lowest BCUT2D eigenvalue weighted by atomic mass is 9.94. The van der Waals surface area contributed by atoms with Crippen LogP contribution < -0.4 is 5.32 Å². The van der Waals surface area contributed by atoms with Crippen LogP contribution in [-0.2, 0) is 5.75 Å². The minimum atomic E-state index is -0.214. The molecule has 1 aliphatic heterocycles. The average Bonchev–Trinajstić information content (AvgIpc) is 2.95. The van der Waals surface area contributed by atoms with Crippen LogP contribution >= 0.6 is 11.8 Å². The zero-order valence-electron chi connectivity index (χ0n) is 11.9. The molecule has 1 N–H and O–H groups in total. The van der Waals surface area contributed by atoms with Gasteiger partial charge in [-0.2, -0.15) is 4.98 Å². The van der Waals surface area contributed by atoms with Crippen LogP contribution in [0.4, 0.5) is 4.39 Å². The highest BCUT2D eigenvalue weighted by molar-refractivity contribution is 7.98. The topological polar surface area (TPSA) is 51.0 Å². The number of hydrogen-bond donors (Lipinski definition) is 1. The van der Waals surface area contributed by atoms with Crippen molar-refractivity contribution in [3.63, 3.8) is 0 Å². The zero-order chi connectivity index (χ0) is 14.7. The van der Waals surface area contributed by atoms with Crippen molar-refractivity contribution in [1.82, 2.24) is 15.5 Å². The maximum atomic E-state index is 13.5. The summed E-state index contributed by atoms with van der Waals surface area (Å²) in [5, 5.41) is 7.39. The fourth-order valence-electron chi connectivity index (χ4n) is 2.47. The molecule has 1 aromatic heterocycles. The van der Waals surface area contributed by atoms with Gasteiger partial charge in [0, 0.05) is 4.90 Å². The van der Waals surface area contributed by atoms with Gasteiger partial charge < -0.3 is 9.84 Å². The van der Waals surface area contributed by atoms with Gasteiger partial charge in [0.15, 0.2) is 5.82 Å². The molecule has 6 heteroatoms. The molecule has 0 aliphatic carbocycles. The Kier molecular flexibility index (Phi) is 4.55. The fraction of sp³-hybridized carbons (Fsp3) is 0.467. The van der Waals surface area contributed by atoms with Crippen molar-refractivity contribution in [3.8, 4) is 0 Å². The highest BCUT2D eigenvalue weighted by atomic mass is 32.2. The van der Waals surface area contributed by atoms with Gasteiger partial charge in [-0.15, -0.1) is 11.8 Å². The molecule has 2 unspecified atom stereocenters. The maximum Gasteiger partial charge on any atom is 0.243 e. The van der Waals surface area contributed by atoms with Crippen molar-refractivity contribution in [2.45, 2.75) is 36.5 Å². The Hall–Kier alpha value is -1.40. The maximum absolute atomic E-state index is 13.5. The number of halogens is 1. The monoisotopic (exact) mass is 307 g/mol. The summed E-state index contributed by atoms with van der Waals surface area (Å²) in [5.74, 6) is 2.21. The Morgan fingerprint density at radius 2 is 2.29 bits per heavy atom. The molecule has 3 rings (SSSR count). The van der Waals surface area contributed by atoms with Crippen LogP contribution in [-0.4, -0.2) is 16.7 Å². The first-order chi connectivity index (χ1) is 10.2. The predicted octanol–water partition coefficient (Wildman–Crippen LogP) is 3.56. The third-order valence-electron chi connectivity index (χ3n) is 3.64. The minimum Gasteiger partial charge on any atom is -0.338 e. The normalized spacial score (nSPS) is 22.4. The summed E-state index contributed by atoms with van der Waals surface area (Å²) < 4.78 is 18.9. The Morgan fingerprint density at radius 3 is 3.10 bits per heavy atom. The van der Waals surface area contributed by atoms with Crippen LogP contribution in [0.15, 0.2) is 33.7 Å². The van der Waals surface area contributed by atoms with E-state index < -0.39 is 0 Å². The molecule has 2 heterocycles. The molecular formula is C15H18FN3OS. The van der Waals surface area contributed by atoms with Crippen molar-refractivity contribution in [1.29, 1.82) is 0 Å². The van der Waals surface area contributed by atoms with E-state index in [0.717, 1.165) is 13.0 Å². The third-order valence-corrected chi connectivity index (χ3v) is 4.69. The van der Waals surface area contributed by atoms with Gasteiger partial charge >= 0.3 is 0 Å². The van der Waals surface area contributed by atoms with Gasteiger partial charge in [0.2, 0.25) is 5.89 Å². The van der Waals surface area contributed by atoms with Crippen molar-refractivity contribution < 1.29 is 8.91 Å². The van der Waals surface area contributed by atoms with E-state index in [2.05, 4.69) is 22.4 Å². The van der Waals surface area contributed by atoms with E-state index in [4.69, 9.17) is 4.52 Å².